The van der Waals surface area contributed by atoms with E-state index in [1.165, 1.54) is 0 Å². The van der Waals surface area contributed by atoms with E-state index in [4.69, 9.17) is 15.0 Å². The average molecular weight is 470 g/mol. The van der Waals surface area contributed by atoms with Crippen molar-refractivity contribution in [3.05, 3.63) is 77.4 Å². The van der Waals surface area contributed by atoms with E-state index < -0.39 is 11.9 Å². The molecule has 0 bridgehead atoms. The van der Waals surface area contributed by atoms with Crippen LogP contribution in [0.15, 0.2) is 54.7 Å². The first-order valence-corrected chi connectivity index (χ1v) is 11.8. The van der Waals surface area contributed by atoms with Gasteiger partial charge in [0.05, 0.1) is 34.3 Å². The van der Waals surface area contributed by atoms with Gasteiger partial charge >= 0.3 is 5.97 Å². The standard InChI is InChI=1S/C27H27N5O3/c1-31-13-12-20(30-31)17-35-21-10-11-24-25(14-21)32(16-19-8-6-18(15-28)7-9-19)26(29-24)22-4-2-3-5-23(22)27(33)34/h6-14,22-23H,2-5,16-17H2,1H3,(H,33,34)/t22-,23-/m1/s1. The van der Waals surface area contributed by atoms with E-state index in [2.05, 4.69) is 15.7 Å². The number of imidazole rings is 1. The van der Waals surface area contributed by atoms with Crippen molar-refractivity contribution in [3.63, 3.8) is 0 Å². The van der Waals surface area contributed by atoms with Crippen molar-refractivity contribution in [2.24, 2.45) is 13.0 Å². The van der Waals surface area contributed by atoms with Gasteiger partial charge in [-0.3, -0.25) is 9.48 Å². The highest BCUT2D eigenvalue weighted by Gasteiger charge is 2.35. The highest BCUT2D eigenvalue weighted by Crippen LogP contribution is 2.39. The number of nitrogens with zero attached hydrogens (tertiary/aromatic N) is 5. The Morgan fingerprint density at radius 2 is 1.97 bits per heavy atom. The highest BCUT2D eigenvalue weighted by molar-refractivity contribution is 5.79. The second kappa shape index (κ2) is 9.63. The minimum Gasteiger partial charge on any atom is -0.487 e. The Morgan fingerprint density at radius 3 is 2.69 bits per heavy atom. The fraction of sp³-hybridized carbons (Fsp3) is 0.333. The SMILES string of the molecule is Cn1ccc(COc2ccc3nc([C@@H]4CCCC[C@H]4C(=O)O)n(Cc4ccc(C#N)cc4)c3c2)n1. The van der Waals surface area contributed by atoms with Gasteiger partial charge in [0.25, 0.3) is 0 Å². The Labute approximate surface area is 203 Å². The number of rotatable bonds is 7. The molecule has 8 nitrogen and oxygen atoms in total. The third-order valence-corrected chi connectivity index (χ3v) is 6.74. The Hall–Kier alpha value is -4.12. The highest BCUT2D eigenvalue weighted by atomic mass is 16.5. The molecule has 4 aromatic rings. The predicted molar refractivity (Wildman–Crippen MR) is 130 cm³/mol. The number of ether oxygens (including phenoxy) is 1. The van der Waals surface area contributed by atoms with Crippen molar-refractivity contribution >= 4 is 17.0 Å². The summed E-state index contributed by atoms with van der Waals surface area (Å²) >= 11 is 0. The zero-order valence-electron chi connectivity index (χ0n) is 19.6. The summed E-state index contributed by atoms with van der Waals surface area (Å²) in [6.07, 6.45) is 5.26. The smallest absolute Gasteiger partial charge is 0.307 e. The van der Waals surface area contributed by atoms with Crippen LogP contribution in [0.2, 0.25) is 0 Å². The van der Waals surface area contributed by atoms with Crippen LogP contribution >= 0.6 is 0 Å². The largest absolute Gasteiger partial charge is 0.487 e. The average Bonchev–Trinajstić information content (AvgIpc) is 3.46. The van der Waals surface area contributed by atoms with Crippen molar-refractivity contribution in [1.82, 2.24) is 19.3 Å². The van der Waals surface area contributed by atoms with Crippen molar-refractivity contribution < 1.29 is 14.6 Å². The van der Waals surface area contributed by atoms with E-state index in [9.17, 15) is 9.90 Å². The maximum atomic E-state index is 12.1. The molecule has 35 heavy (non-hydrogen) atoms. The first kappa shape index (κ1) is 22.7. The van der Waals surface area contributed by atoms with E-state index in [1.807, 2.05) is 49.6 Å². The second-order valence-corrected chi connectivity index (χ2v) is 9.12. The summed E-state index contributed by atoms with van der Waals surface area (Å²) in [5, 5.41) is 23.4. The number of nitriles is 1. The minimum absolute atomic E-state index is 0.148. The quantitative estimate of drug-likeness (QED) is 0.423. The Kier molecular flexibility index (Phi) is 6.23. The maximum Gasteiger partial charge on any atom is 0.307 e. The molecule has 2 atom stereocenters. The van der Waals surface area contributed by atoms with E-state index in [0.29, 0.717) is 30.9 Å². The number of hydrogen-bond donors (Lipinski definition) is 1. The van der Waals surface area contributed by atoms with Crippen molar-refractivity contribution in [1.29, 1.82) is 5.26 Å². The van der Waals surface area contributed by atoms with Crippen LogP contribution in [0.1, 0.15) is 54.2 Å². The number of carboxylic acid groups (broad SMARTS) is 1. The monoisotopic (exact) mass is 469 g/mol. The van der Waals surface area contributed by atoms with Crippen LogP contribution in [0.4, 0.5) is 0 Å². The summed E-state index contributed by atoms with van der Waals surface area (Å²) in [5.74, 6) is 0.156. The topological polar surface area (TPSA) is 106 Å². The molecule has 1 N–H and O–H groups in total. The predicted octanol–water partition coefficient (Wildman–Crippen LogP) is 4.63. The number of hydrogen-bond acceptors (Lipinski definition) is 5. The van der Waals surface area contributed by atoms with Gasteiger partial charge in [-0.05, 0) is 48.7 Å². The van der Waals surface area contributed by atoms with E-state index >= 15 is 0 Å². The van der Waals surface area contributed by atoms with Gasteiger partial charge in [0, 0.05) is 31.8 Å². The summed E-state index contributed by atoms with van der Waals surface area (Å²) in [6, 6.07) is 17.3. The zero-order chi connectivity index (χ0) is 24.4. The lowest BCUT2D eigenvalue weighted by Crippen LogP contribution is -2.27. The van der Waals surface area contributed by atoms with Gasteiger partial charge in [0.15, 0.2) is 0 Å². The molecule has 0 aliphatic heterocycles. The number of carbonyl (C=O) groups is 1. The molecule has 0 spiro atoms. The van der Waals surface area contributed by atoms with Gasteiger partial charge < -0.3 is 14.4 Å². The number of benzene rings is 2. The normalized spacial score (nSPS) is 17.8. The van der Waals surface area contributed by atoms with E-state index in [1.54, 1.807) is 16.8 Å². The second-order valence-electron chi connectivity index (χ2n) is 9.12. The number of aromatic nitrogens is 4. The van der Waals surface area contributed by atoms with Crippen LogP contribution in [0.5, 0.6) is 5.75 Å². The number of aryl methyl sites for hydroxylation is 1. The molecule has 0 radical (unpaired) electrons. The molecule has 0 saturated heterocycles. The molecular formula is C27H27N5O3. The van der Waals surface area contributed by atoms with Gasteiger partial charge in [0.2, 0.25) is 0 Å². The lowest BCUT2D eigenvalue weighted by Gasteiger charge is -2.28. The summed E-state index contributed by atoms with van der Waals surface area (Å²) in [4.78, 5) is 17.0. The maximum absolute atomic E-state index is 12.1. The lowest BCUT2D eigenvalue weighted by molar-refractivity contribution is -0.143. The van der Waals surface area contributed by atoms with Gasteiger partial charge in [-0.15, -0.1) is 0 Å². The molecule has 5 rings (SSSR count). The van der Waals surface area contributed by atoms with Crippen LogP contribution in [0.3, 0.4) is 0 Å². The third-order valence-electron chi connectivity index (χ3n) is 6.74. The molecular weight excluding hydrogens is 442 g/mol. The van der Waals surface area contributed by atoms with Gasteiger partial charge in [-0.2, -0.15) is 10.4 Å². The molecule has 0 amide bonds. The summed E-state index contributed by atoms with van der Waals surface area (Å²) in [7, 11) is 1.87. The van der Waals surface area contributed by atoms with Gasteiger partial charge in [-0.25, -0.2) is 4.98 Å². The molecule has 178 valence electrons. The van der Waals surface area contributed by atoms with Gasteiger partial charge in [-0.1, -0.05) is 25.0 Å². The minimum atomic E-state index is -0.758. The Morgan fingerprint density at radius 1 is 1.17 bits per heavy atom. The van der Waals surface area contributed by atoms with Crippen molar-refractivity contribution in [3.8, 4) is 11.8 Å². The van der Waals surface area contributed by atoms with Crippen molar-refractivity contribution in [2.45, 2.75) is 44.8 Å². The van der Waals surface area contributed by atoms with E-state index in [-0.39, 0.29) is 5.92 Å². The molecule has 2 aromatic heterocycles. The number of fused-ring (bicyclic) bond motifs is 1. The summed E-state index contributed by atoms with van der Waals surface area (Å²) in [6.45, 7) is 0.886. The zero-order valence-corrected chi connectivity index (χ0v) is 19.6. The van der Waals surface area contributed by atoms with Crippen LogP contribution in [-0.4, -0.2) is 30.4 Å². The molecule has 0 unspecified atom stereocenters. The lowest BCUT2D eigenvalue weighted by atomic mass is 9.78. The fourth-order valence-corrected chi connectivity index (χ4v) is 4.96. The third kappa shape index (κ3) is 4.76. The molecule has 1 saturated carbocycles. The van der Waals surface area contributed by atoms with Gasteiger partial charge in [0.1, 0.15) is 18.2 Å². The Balaban J connectivity index is 1.54. The molecule has 1 aliphatic carbocycles. The van der Waals surface area contributed by atoms with Crippen LogP contribution in [0, 0.1) is 17.2 Å². The Bertz CT molecular complexity index is 1400. The number of carboxylic acids is 1. The first-order chi connectivity index (χ1) is 17.0. The first-order valence-electron chi connectivity index (χ1n) is 11.8. The summed E-state index contributed by atoms with van der Waals surface area (Å²) in [5.41, 5.74) is 4.18. The summed E-state index contributed by atoms with van der Waals surface area (Å²) < 4.78 is 9.88. The molecule has 2 heterocycles. The van der Waals surface area contributed by atoms with Crippen LogP contribution in [0.25, 0.3) is 11.0 Å². The van der Waals surface area contributed by atoms with E-state index in [0.717, 1.165) is 47.4 Å². The van der Waals surface area contributed by atoms with Crippen LogP contribution in [-0.2, 0) is 25.0 Å². The van der Waals surface area contributed by atoms with Crippen molar-refractivity contribution in [2.75, 3.05) is 0 Å². The van der Waals surface area contributed by atoms with Crippen LogP contribution < -0.4 is 4.74 Å². The molecule has 1 aliphatic rings. The number of aliphatic carboxylic acids is 1. The fourth-order valence-electron chi connectivity index (χ4n) is 4.96. The molecule has 2 aromatic carbocycles. The molecule has 8 heteroatoms. The molecule has 1 fully saturated rings.